The van der Waals surface area contributed by atoms with Crippen molar-refractivity contribution in [3.63, 3.8) is 0 Å². The second-order valence-electron chi connectivity index (χ2n) is 8.71. The molecule has 3 aromatic rings. The number of benzene rings is 2. The van der Waals surface area contributed by atoms with Crippen LogP contribution < -0.4 is 20.9 Å². The molecule has 8 nitrogen and oxygen atoms in total. The first-order chi connectivity index (χ1) is 17.3. The molecule has 0 saturated heterocycles. The molecule has 1 amide bonds. The highest BCUT2D eigenvalue weighted by atomic mass is 19.1. The lowest BCUT2D eigenvalue weighted by atomic mass is 9.69. The van der Waals surface area contributed by atoms with Gasteiger partial charge in [0.1, 0.15) is 23.2 Å². The minimum absolute atomic E-state index is 0.0361. The average molecular weight is 487 g/mol. The number of fused-ring (bicyclic) bond motifs is 4. The Hall–Kier alpha value is -4.42. The number of hydrogen-bond donors (Lipinski definition) is 1. The molecule has 2 N–H and O–H groups in total. The third-order valence-corrected chi connectivity index (χ3v) is 6.74. The molecule has 2 aliphatic heterocycles. The van der Waals surface area contributed by atoms with Crippen molar-refractivity contribution in [2.24, 2.45) is 5.73 Å². The van der Waals surface area contributed by atoms with E-state index in [1.165, 1.54) is 28.7 Å². The number of nitriles is 1. The number of carbonyl (C=O) groups is 1. The standard InChI is InChI=1S/C27H23FN4O4/c1-16-13-22-23(25(33)31(16)11-12-35-2)27(20(14-29)24(30)36-22)19-5-3-4-6-21(19)32(26(27)34)15-17-7-9-18(28)10-8-17/h3-10,13H,11-12,15,30H2,1-2H3. The van der Waals surface area contributed by atoms with Gasteiger partial charge in [0, 0.05) is 36.7 Å². The van der Waals surface area contributed by atoms with E-state index >= 15 is 0 Å². The lowest BCUT2D eigenvalue weighted by Gasteiger charge is -2.34. The number of para-hydroxylation sites is 1. The summed E-state index contributed by atoms with van der Waals surface area (Å²) in [7, 11) is 1.53. The summed E-state index contributed by atoms with van der Waals surface area (Å²) in [4.78, 5) is 29.9. The Kier molecular flexibility index (Phi) is 5.61. The van der Waals surface area contributed by atoms with E-state index in [4.69, 9.17) is 15.2 Å². The summed E-state index contributed by atoms with van der Waals surface area (Å²) < 4.78 is 25.9. The Bertz CT molecular complexity index is 1520. The predicted molar refractivity (Wildman–Crippen MR) is 130 cm³/mol. The number of ether oxygens (including phenoxy) is 2. The smallest absolute Gasteiger partial charge is 0.259 e. The van der Waals surface area contributed by atoms with Crippen molar-refractivity contribution >= 4 is 11.6 Å². The molecule has 1 unspecified atom stereocenters. The number of hydrogen-bond acceptors (Lipinski definition) is 6. The van der Waals surface area contributed by atoms with Gasteiger partial charge < -0.3 is 24.7 Å². The van der Waals surface area contributed by atoms with Gasteiger partial charge in [0.15, 0.2) is 5.41 Å². The van der Waals surface area contributed by atoms with E-state index in [1.807, 2.05) is 0 Å². The molecule has 3 heterocycles. The molecule has 5 rings (SSSR count). The van der Waals surface area contributed by atoms with Crippen LogP contribution in [0.5, 0.6) is 5.75 Å². The number of amides is 1. The second-order valence-corrected chi connectivity index (χ2v) is 8.71. The Labute approximate surface area is 206 Å². The van der Waals surface area contributed by atoms with Crippen LogP contribution in [0.2, 0.25) is 0 Å². The molecule has 0 radical (unpaired) electrons. The zero-order valence-corrected chi connectivity index (χ0v) is 19.7. The van der Waals surface area contributed by atoms with Crippen LogP contribution in [0.15, 0.2) is 70.8 Å². The minimum Gasteiger partial charge on any atom is -0.440 e. The predicted octanol–water partition coefficient (Wildman–Crippen LogP) is 2.86. The molecule has 9 heteroatoms. The molecule has 1 spiro atoms. The van der Waals surface area contributed by atoms with Gasteiger partial charge >= 0.3 is 0 Å². The van der Waals surface area contributed by atoms with Gasteiger partial charge in [-0.25, -0.2) is 4.39 Å². The Morgan fingerprint density at radius 1 is 1.17 bits per heavy atom. The van der Waals surface area contributed by atoms with Crippen molar-refractivity contribution in [3.05, 3.63) is 105 Å². The van der Waals surface area contributed by atoms with Gasteiger partial charge in [0.05, 0.1) is 18.7 Å². The summed E-state index contributed by atoms with van der Waals surface area (Å²) in [6, 6.07) is 16.5. The molecular weight excluding hydrogens is 463 g/mol. The highest BCUT2D eigenvalue weighted by Gasteiger charge is 2.60. The summed E-state index contributed by atoms with van der Waals surface area (Å²) in [6.45, 7) is 2.38. The Morgan fingerprint density at radius 2 is 1.89 bits per heavy atom. The summed E-state index contributed by atoms with van der Waals surface area (Å²) in [5.41, 5.74) is 6.11. The van der Waals surface area contributed by atoms with E-state index in [1.54, 1.807) is 49.4 Å². The van der Waals surface area contributed by atoms with Crippen molar-refractivity contribution in [3.8, 4) is 11.8 Å². The molecule has 0 aliphatic carbocycles. The van der Waals surface area contributed by atoms with Crippen molar-refractivity contribution < 1.29 is 18.7 Å². The molecule has 182 valence electrons. The zero-order chi connectivity index (χ0) is 25.6. The molecule has 1 atom stereocenters. The number of aryl methyl sites for hydroxylation is 1. The average Bonchev–Trinajstić information content (AvgIpc) is 3.09. The van der Waals surface area contributed by atoms with Gasteiger partial charge in [-0.15, -0.1) is 0 Å². The van der Waals surface area contributed by atoms with Crippen LogP contribution in [0.3, 0.4) is 0 Å². The van der Waals surface area contributed by atoms with Gasteiger partial charge in [-0.2, -0.15) is 5.26 Å². The number of aromatic nitrogens is 1. The fourth-order valence-corrected chi connectivity index (χ4v) is 5.11. The molecule has 2 aromatic carbocycles. The van der Waals surface area contributed by atoms with Crippen LogP contribution in [0, 0.1) is 24.1 Å². The summed E-state index contributed by atoms with van der Waals surface area (Å²) >= 11 is 0. The molecule has 0 fully saturated rings. The molecule has 0 saturated carbocycles. The summed E-state index contributed by atoms with van der Waals surface area (Å²) in [6.07, 6.45) is 0. The lowest BCUT2D eigenvalue weighted by Crippen LogP contribution is -2.50. The van der Waals surface area contributed by atoms with Crippen LogP contribution in [-0.4, -0.2) is 24.2 Å². The third kappa shape index (κ3) is 3.22. The molecular formula is C27H23FN4O4. The van der Waals surface area contributed by atoms with Gasteiger partial charge in [-0.1, -0.05) is 30.3 Å². The van der Waals surface area contributed by atoms with Crippen LogP contribution in [-0.2, 0) is 28.0 Å². The number of methoxy groups -OCH3 is 1. The molecule has 2 aliphatic rings. The third-order valence-electron chi connectivity index (χ3n) is 6.74. The van der Waals surface area contributed by atoms with Crippen molar-refractivity contribution in [2.75, 3.05) is 18.6 Å². The lowest BCUT2D eigenvalue weighted by molar-refractivity contribution is -0.121. The van der Waals surface area contributed by atoms with Gasteiger partial charge in [-0.3, -0.25) is 9.59 Å². The first kappa shape index (κ1) is 23.3. The van der Waals surface area contributed by atoms with Gasteiger partial charge in [-0.05, 0) is 30.7 Å². The van der Waals surface area contributed by atoms with Crippen molar-refractivity contribution in [2.45, 2.75) is 25.4 Å². The number of halogens is 1. The van der Waals surface area contributed by atoms with Crippen LogP contribution >= 0.6 is 0 Å². The fourth-order valence-electron chi connectivity index (χ4n) is 5.11. The minimum atomic E-state index is -1.79. The maximum absolute atomic E-state index is 14.4. The number of rotatable bonds is 5. The largest absolute Gasteiger partial charge is 0.440 e. The molecule has 0 bridgehead atoms. The Morgan fingerprint density at radius 3 is 2.58 bits per heavy atom. The van der Waals surface area contributed by atoms with Gasteiger partial charge in [0.25, 0.3) is 5.56 Å². The molecule has 36 heavy (non-hydrogen) atoms. The van der Waals surface area contributed by atoms with Gasteiger partial charge in [0.2, 0.25) is 11.8 Å². The number of anilines is 1. The van der Waals surface area contributed by atoms with E-state index in [0.717, 1.165) is 0 Å². The number of carbonyl (C=O) groups excluding carboxylic acids is 1. The highest BCUT2D eigenvalue weighted by Crippen LogP contribution is 2.54. The van der Waals surface area contributed by atoms with Crippen molar-refractivity contribution in [1.82, 2.24) is 4.57 Å². The van der Waals surface area contributed by atoms with Crippen LogP contribution in [0.4, 0.5) is 10.1 Å². The quantitative estimate of drug-likeness (QED) is 0.594. The molecule has 1 aromatic heterocycles. The normalized spacial score (nSPS) is 18.2. The SMILES string of the molecule is COCCn1c(C)cc2c(c1=O)C1(C(=O)N(Cc3ccc(F)cc3)c3ccccc31)C(C#N)=C(N)O2. The number of pyridine rings is 1. The maximum atomic E-state index is 14.4. The first-order valence-electron chi connectivity index (χ1n) is 11.3. The highest BCUT2D eigenvalue weighted by molar-refractivity contribution is 6.14. The number of nitrogens with zero attached hydrogens (tertiary/aromatic N) is 3. The van der Waals surface area contributed by atoms with Crippen LogP contribution in [0.25, 0.3) is 0 Å². The van der Waals surface area contributed by atoms with E-state index in [-0.39, 0.29) is 42.5 Å². The maximum Gasteiger partial charge on any atom is 0.259 e. The van der Waals surface area contributed by atoms with E-state index in [0.29, 0.717) is 22.5 Å². The number of nitrogens with two attached hydrogens (primary N) is 1. The second kappa shape index (κ2) is 8.66. The monoisotopic (exact) mass is 486 g/mol. The Balaban J connectivity index is 1.80. The summed E-state index contributed by atoms with van der Waals surface area (Å²) in [5, 5.41) is 10.2. The topological polar surface area (TPSA) is 111 Å². The van der Waals surface area contributed by atoms with E-state index < -0.39 is 22.7 Å². The fraction of sp³-hybridized carbons (Fsp3) is 0.222. The first-order valence-corrected chi connectivity index (χ1v) is 11.3. The van der Waals surface area contributed by atoms with E-state index in [2.05, 4.69) is 6.07 Å². The zero-order valence-electron chi connectivity index (χ0n) is 19.7. The van der Waals surface area contributed by atoms with Crippen molar-refractivity contribution in [1.29, 1.82) is 5.26 Å². The van der Waals surface area contributed by atoms with E-state index in [9.17, 15) is 19.2 Å². The summed E-state index contributed by atoms with van der Waals surface area (Å²) in [5.74, 6) is -0.993. The van der Waals surface area contributed by atoms with Crippen LogP contribution in [0.1, 0.15) is 22.4 Å².